The Labute approximate surface area is 115 Å². The highest BCUT2D eigenvalue weighted by molar-refractivity contribution is 8.05. The molecule has 6 heteroatoms. The molecule has 0 aliphatic carbocycles. The highest BCUT2D eigenvalue weighted by Crippen LogP contribution is 2.28. The Morgan fingerprint density at radius 1 is 1.16 bits per heavy atom. The summed E-state index contributed by atoms with van der Waals surface area (Å²) in [6, 6.07) is 9.18. The highest BCUT2D eigenvalue weighted by Gasteiger charge is 2.34. The van der Waals surface area contributed by atoms with Gasteiger partial charge in [-0.05, 0) is 30.4 Å². The van der Waals surface area contributed by atoms with E-state index >= 15 is 0 Å². The molecule has 1 fully saturated rings. The zero-order valence-electron chi connectivity index (χ0n) is 10.2. The maximum absolute atomic E-state index is 12.2. The van der Waals surface area contributed by atoms with Crippen molar-refractivity contribution in [1.82, 2.24) is 4.31 Å². The summed E-state index contributed by atoms with van der Waals surface area (Å²) in [5, 5.41) is 0.142. The van der Waals surface area contributed by atoms with Gasteiger partial charge in [-0.1, -0.05) is 18.2 Å². The average Bonchev–Trinajstić information content (AvgIpc) is 3.06. The van der Waals surface area contributed by atoms with Crippen LogP contribution in [-0.2, 0) is 10.0 Å². The summed E-state index contributed by atoms with van der Waals surface area (Å²) in [7, 11) is -3.83. The second-order valence-corrected chi connectivity index (χ2v) is 7.47. The smallest absolute Gasteiger partial charge is 0.274 e. The lowest BCUT2D eigenvalue weighted by Gasteiger charge is -2.12. The van der Waals surface area contributed by atoms with Gasteiger partial charge in [0.2, 0.25) is 0 Å². The van der Waals surface area contributed by atoms with Crippen molar-refractivity contribution in [3.8, 4) is 0 Å². The SMILES string of the molecule is O=C(c1cc2ccccc2s1)S(=O)(=O)N1CCCC1. The van der Waals surface area contributed by atoms with Crippen LogP contribution in [0.3, 0.4) is 0 Å². The van der Waals surface area contributed by atoms with E-state index in [1.807, 2.05) is 24.3 Å². The maximum Gasteiger partial charge on any atom is 0.301 e. The quantitative estimate of drug-likeness (QED) is 0.855. The topological polar surface area (TPSA) is 54.5 Å². The van der Waals surface area contributed by atoms with Crippen molar-refractivity contribution in [2.75, 3.05) is 13.1 Å². The van der Waals surface area contributed by atoms with E-state index in [1.165, 1.54) is 15.6 Å². The molecule has 1 aliphatic heterocycles. The van der Waals surface area contributed by atoms with Crippen LogP contribution in [0.2, 0.25) is 0 Å². The first-order chi connectivity index (χ1) is 9.09. The molecule has 1 saturated heterocycles. The summed E-state index contributed by atoms with van der Waals surface area (Å²) < 4.78 is 26.6. The van der Waals surface area contributed by atoms with Crippen LogP contribution in [0.25, 0.3) is 10.1 Å². The number of sulfonamides is 1. The van der Waals surface area contributed by atoms with Crippen molar-refractivity contribution in [3.63, 3.8) is 0 Å². The summed E-state index contributed by atoms with van der Waals surface area (Å²) in [6.07, 6.45) is 1.66. The van der Waals surface area contributed by atoms with E-state index in [9.17, 15) is 13.2 Å². The van der Waals surface area contributed by atoms with E-state index in [1.54, 1.807) is 6.07 Å². The van der Waals surface area contributed by atoms with Crippen LogP contribution in [0, 0.1) is 0 Å². The van der Waals surface area contributed by atoms with Gasteiger partial charge < -0.3 is 0 Å². The molecule has 0 spiro atoms. The lowest BCUT2D eigenvalue weighted by atomic mass is 10.2. The van der Waals surface area contributed by atoms with Gasteiger partial charge in [-0.3, -0.25) is 4.79 Å². The minimum absolute atomic E-state index is 0.299. The number of carbonyl (C=O) groups is 1. The normalized spacial score (nSPS) is 17.1. The number of hydrogen-bond donors (Lipinski definition) is 0. The second kappa shape index (κ2) is 4.70. The fourth-order valence-electron chi connectivity index (χ4n) is 2.26. The molecule has 19 heavy (non-hydrogen) atoms. The Bertz CT molecular complexity index is 694. The lowest BCUT2D eigenvalue weighted by molar-refractivity contribution is 0.107. The predicted molar refractivity (Wildman–Crippen MR) is 75.9 cm³/mol. The van der Waals surface area contributed by atoms with Crippen LogP contribution < -0.4 is 0 Å². The third kappa shape index (κ3) is 2.20. The van der Waals surface area contributed by atoms with E-state index in [2.05, 4.69) is 0 Å². The number of thiophene rings is 1. The number of rotatable bonds is 2. The fourth-order valence-corrected chi connectivity index (χ4v) is 4.88. The molecule has 0 saturated carbocycles. The average molecular weight is 295 g/mol. The Balaban J connectivity index is 1.99. The molecule has 0 bridgehead atoms. The van der Waals surface area contributed by atoms with E-state index in [0.717, 1.165) is 22.9 Å². The number of benzene rings is 1. The summed E-state index contributed by atoms with van der Waals surface area (Å²) in [6.45, 7) is 0.915. The molecule has 4 nitrogen and oxygen atoms in total. The fraction of sp³-hybridized carbons (Fsp3) is 0.308. The number of hydrogen-bond acceptors (Lipinski definition) is 4. The first kappa shape index (κ1) is 12.8. The number of fused-ring (bicyclic) bond motifs is 1. The molecule has 0 unspecified atom stereocenters. The van der Waals surface area contributed by atoms with Crippen molar-refractivity contribution >= 4 is 36.6 Å². The third-order valence-corrected chi connectivity index (χ3v) is 6.24. The summed E-state index contributed by atoms with van der Waals surface area (Å²) >= 11 is 1.24. The van der Waals surface area contributed by atoms with Crippen molar-refractivity contribution in [2.45, 2.75) is 12.8 Å². The number of carbonyl (C=O) groups excluding carboxylic acids is 1. The highest BCUT2D eigenvalue weighted by atomic mass is 32.2. The Hall–Kier alpha value is -1.24. The molecule has 0 N–H and O–H groups in total. The zero-order valence-corrected chi connectivity index (χ0v) is 11.8. The first-order valence-electron chi connectivity index (χ1n) is 6.12. The van der Waals surface area contributed by atoms with Gasteiger partial charge in [0.1, 0.15) is 0 Å². The summed E-state index contributed by atoms with van der Waals surface area (Å²) in [5.74, 6) is 0. The third-order valence-electron chi connectivity index (χ3n) is 3.27. The molecule has 2 aromatic rings. The van der Waals surface area contributed by atoms with Gasteiger partial charge in [-0.15, -0.1) is 11.3 Å². The molecule has 0 atom stereocenters. The van der Waals surface area contributed by atoms with Gasteiger partial charge in [0.15, 0.2) is 0 Å². The largest absolute Gasteiger partial charge is 0.301 e. The van der Waals surface area contributed by atoms with Crippen molar-refractivity contribution in [1.29, 1.82) is 0 Å². The van der Waals surface area contributed by atoms with Crippen LogP contribution >= 0.6 is 11.3 Å². The van der Waals surface area contributed by atoms with Gasteiger partial charge in [-0.25, -0.2) is 8.42 Å². The minimum atomic E-state index is -3.83. The van der Waals surface area contributed by atoms with Crippen LogP contribution in [0.5, 0.6) is 0 Å². The molecule has 100 valence electrons. The van der Waals surface area contributed by atoms with Crippen LogP contribution in [0.1, 0.15) is 22.5 Å². The molecule has 2 heterocycles. The monoisotopic (exact) mass is 295 g/mol. The number of nitrogens with zero attached hydrogens (tertiary/aromatic N) is 1. The minimum Gasteiger partial charge on any atom is -0.274 e. The molecular formula is C13H13NO3S2. The molecule has 1 aromatic carbocycles. The van der Waals surface area contributed by atoms with Crippen LogP contribution in [0.15, 0.2) is 30.3 Å². The van der Waals surface area contributed by atoms with E-state index in [-0.39, 0.29) is 0 Å². The standard InChI is InChI=1S/C13H13NO3S2/c15-13(19(16,17)14-7-3-4-8-14)12-9-10-5-1-2-6-11(10)18-12/h1-2,5-6,9H,3-4,7-8H2. The molecule has 1 aliphatic rings. The first-order valence-corrected chi connectivity index (χ1v) is 8.38. The van der Waals surface area contributed by atoms with Gasteiger partial charge in [0.05, 0.1) is 4.88 Å². The summed E-state index contributed by atoms with van der Waals surface area (Å²) in [4.78, 5) is 12.5. The van der Waals surface area contributed by atoms with Crippen molar-refractivity contribution in [2.24, 2.45) is 0 Å². The maximum atomic E-state index is 12.2. The Kier molecular flexibility index (Phi) is 3.16. The Morgan fingerprint density at radius 3 is 2.53 bits per heavy atom. The van der Waals surface area contributed by atoms with Crippen molar-refractivity contribution < 1.29 is 13.2 Å². The molecule has 1 aromatic heterocycles. The molecule has 0 radical (unpaired) electrons. The van der Waals surface area contributed by atoms with E-state index < -0.39 is 15.1 Å². The lowest BCUT2D eigenvalue weighted by Crippen LogP contribution is -2.33. The molecular weight excluding hydrogens is 282 g/mol. The second-order valence-electron chi connectivity index (χ2n) is 4.55. The van der Waals surface area contributed by atoms with Gasteiger partial charge in [0, 0.05) is 17.8 Å². The molecule has 3 rings (SSSR count). The van der Waals surface area contributed by atoms with Crippen LogP contribution in [0.4, 0.5) is 0 Å². The van der Waals surface area contributed by atoms with Gasteiger partial charge >= 0.3 is 5.12 Å². The van der Waals surface area contributed by atoms with Gasteiger partial charge in [0.25, 0.3) is 10.0 Å². The zero-order chi connectivity index (χ0) is 13.5. The van der Waals surface area contributed by atoms with Gasteiger partial charge in [-0.2, -0.15) is 4.31 Å². The van der Waals surface area contributed by atoms with Crippen LogP contribution in [-0.4, -0.2) is 30.9 Å². The summed E-state index contributed by atoms with van der Waals surface area (Å²) in [5.41, 5.74) is 0. The Morgan fingerprint density at radius 2 is 1.84 bits per heavy atom. The molecule has 0 amide bonds. The predicted octanol–water partition coefficient (Wildman–Crippen LogP) is 2.47. The van der Waals surface area contributed by atoms with E-state index in [0.29, 0.717) is 18.0 Å². The van der Waals surface area contributed by atoms with Crippen molar-refractivity contribution in [3.05, 3.63) is 35.2 Å². The van der Waals surface area contributed by atoms with E-state index in [4.69, 9.17) is 0 Å².